The minimum absolute atomic E-state index is 0.0834. The molecule has 0 aliphatic carbocycles. The maximum Gasteiger partial charge on any atom is 0.360 e. The molecule has 0 fully saturated rings. The predicted octanol–water partition coefficient (Wildman–Crippen LogP) is 2.67. The first-order chi connectivity index (χ1) is 10.0. The van der Waals surface area contributed by atoms with Crippen LogP contribution in [0.5, 0.6) is 0 Å². The van der Waals surface area contributed by atoms with Crippen LogP contribution < -0.4 is 0 Å². The highest BCUT2D eigenvalue weighted by atomic mass is 35.5. The van der Waals surface area contributed by atoms with Crippen LogP contribution in [0.25, 0.3) is 0 Å². The van der Waals surface area contributed by atoms with Gasteiger partial charge in [0.15, 0.2) is 5.69 Å². The summed E-state index contributed by atoms with van der Waals surface area (Å²) in [6, 6.07) is 1.82. The van der Waals surface area contributed by atoms with Crippen LogP contribution in [0.3, 0.4) is 0 Å². The van der Waals surface area contributed by atoms with E-state index in [2.05, 4.69) is 15.3 Å². The van der Waals surface area contributed by atoms with Crippen LogP contribution in [-0.2, 0) is 11.3 Å². The molecule has 2 rings (SSSR count). The second-order valence-electron chi connectivity index (χ2n) is 4.82. The summed E-state index contributed by atoms with van der Waals surface area (Å²) in [6.45, 7) is 6.45. The Balaban J connectivity index is 2.36. The number of carbonyl (C=O) groups is 1. The van der Waals surface area contributed by atoms with Gasteiger partial charge < -0.3 is 4.74 Å². The largest absolute Gasteiger partial charge is 0.461 e. The molecular weight excluding hydrogens is 292 g/mol. The summed E-state index contributed by atoms with van der Waals surface area (Å²) in [6.07, 6.45) is 3.24. The van der Waals surface area contributed by atoms with Crippen molar-refractivity contribution in [2.45, 2.75) is 33.2 Å². The molecular formula is C14H17ClN4O2. The summed E-state index contributed by atoms with van der Waals surface area (Å²) in [5, 5.41) is 8.58. The van der Waals surface area contributed by atoms with E-state index in [1.165, 1.54) is 0 Å². The zero-order valence-corrected chi connectivity index (χ0v) is 13.0. The van der Waals surface area contributed by atoms with Crippen molar-refractivity contribution in [1.29, 1.82) is 0 Å². The zero-order valence-electron chi connectivity index (χ0n) is 12.2. The molecule has 6 nitrogen and oxygen atoms in total. The molecule has 2 aromatic rings. The van der Waals surface area contributed by atoms with Crippen molar-refractivity contribution in [2.24, 2.45) is 0 Å². The number of aromatic nitrogens is 4. The van der Waals surface area contributed by atoms with Gasteiger partial charge in [0.25, 0.3) is 0 Å². The van der Waals surface area contributed by atoms with Crippen LogP contribution in [0.4, 0.5) is 0 Å². The second-order valence-corrected chi connectivity index (χ2v) is 5.23. The van der Waals surface area contributed by atoms with E-state index in [1.807, 2.05) is 19.9 Å². The standard InChI is InChI=1S/C14H17ClN4O2/c1-4-21-14(20)12-13(9(2)3)19(18-17-12)8-10-5-6-16-7-11(10)15/h5-7,9H,4,8H2,1-3H3. The Morgan fingerprint density at radius 3 is 2.86 bits per heavy atom. The first-order valence-electron chi connectivity index (χ1n) is 6.73. The highest BCUT2D eigenvalue weighted by Gasteiger charge is 2.23. The van der Waals surface area contributed by atoms with Gasteiger partial charge in [-0.05, 0) is 24.5 Å². The molecule has 0 aromatic carbocycles. The van der Waals surface area contributed by atoms with E-state index in [1.54, 1.807) is 24.0 Å². The molecule has 0 radical (unpaired) electrons. The first kappa shape index (κ1) is 15.4. The predicted molar refractivity (Wildman–Crippen MR) is 78.4 cm³/mol. The average molecular weight is 309 g/mol. The minimum atomic E-state index is -0.451. The van der Waals surface area contributed by atoms with E-state index in [9.17, 15) is 4.79 Å². The summed E-state index contributed by atoms with van der Waals surface area (Å²) in [4.78, 5) is 15.9. The van der Waals surface area contributed by atoms with Gasteiger partial charge in [-0.1, -0.05) is 30.7 Å². The van der Waals surface area contributed by atoms with E-state index in [4.69, 9.17) is 16.3 Å². The van der Waals surface area contributed by atoms with E-state index < -0.39 is 5.97 Å². The Morgan fingerprint density at radius 1 is 1.48 bits per heavy atom. The molecule has 0 bridgehead atoms. The quantitative estimate of drug-likeness (QED) is 0.794. The van der Waals surface area contributed by atoms with Gasteiger partial charge in [0.2, 0.25) is 0 Å². The minimum Gasteiger partial charge on any atom is -0.461 e. The van der Waals surface area contributed by atoms with E-state index >= 15 is 0 Å². The Hall–Kier alpha value is -1.95. The number of ether oxygens (including phenoxy) is 1. The van der Waals surface area contributed by atoms with Crippen LogP contribution in [0.1, 0.15) is 48.4 Å². The fraction of sp³-hybridized carbons (Fsp3) is 0.429. The Kier molecular flexibility index (Phi) is 4.90. The fourth-order valence-corrected chi connectivity index (χ4v) is 2.23. The molecule has 0 saturated heterocycles. The van der Waals surface area contributed by atoms with Gasteiger partial charge in [0.05, 0.1) is 23.9 Å². The molecule has 0 N–H and O–H groups in total. The normalized spacial score (nSPS) is 10.9. The number of rotatable bonds is 5. The highest BCUT2D eigenvalue weighted by Crippen LogP contribution is 2.21. The molecule has 2 heterocycles. The number of hydrogen-bond acceptors (Lipinski definition) is 5. The number of carbonyl (C=O) groups excluding carboxylic acids is 1. The smallest absolute Gasteiger partial charge is 0.360 e. The van der Waals surface area contributed by atoms with Crippen LogP contribution >= 0.6 is 11.6 Å². The Labute approximate surface area is 128 Å². The monoisotopic (exact) mass is 308 g/mol. The maximum atomic E-state index is 11.9. The van der Waals surface area contributed by atoms with E-state index in [0.29, 0.717) is 18.2 Å². The van der Waals surface area contributed by atoms with Crippen molar-refractivity contribution >= 4 is 17.6 Å². The van der Waals surface area contributed by atoms with Crippen molar-refractivity contribution in [2.75, 3.05) is 6.61 Å². The highest BCUT2D eigenvalue weighted by molar-refractivity contribution is 6.31. The van der Waals surface area contributed by atoms with Crippen LogP contribution in [0.2, 0.25) is 5.02 Å². The fourth-order valence-electron chi connectivity index (χ4n) is 2.05. The van der Waals surface area contributed by atoms with Crippen molar-refractivity contribution in [1.82, 2.24) is 20.0 Å². The van der Waals surface area contributed by atoms with Gasteiger partial charge >= 0.3 is 5.97 Å². The lowest BCUT2D eigenvalue weighted by Crippen LogP contribution is -2.13. The molecule has 0 atom stereocenters. The number of nitrogens with zero attached hydrogens (tertiary/aromatic N) is 4. The van der Waals surface area contributed by atoms with Crippen LogP contribution in [-0.4, -0.2) is 32.6 Å². The topological polar surface area (TPSA) is 69.9 Å². The molecule has 112 valence electrons. The lowest BCUT2D eigenvalue weighted by molar-refractivity contribution is 0.0517. The molecule has 0 aliphatic heterocycles. The molecule has 0 amide bonds. The summed E-state index contributed by atoms with van der Waals surface area (Å²) in [5.41, 5.74) is 1.87. The SMILES string of the molecule is CCOC(=O)c1nnn(Cc2ccncc2Cl)c1C(C)C. The van der Waals surface area contributed by atoms with Crippen molar-refractivity contribution in [3.8, 4) is 0 Å². The van der Waals surface area contributed by atoms with Gasteiger partial charge in [-0.2, -0.15) is 0 Å². The lowest BCUT2D eigenvalue weighted by Gasteiger charge is -2.11. The summed E-state index contributed by atoms with van der Waals surface area (Å²) < 4.78 is 6.69. The zero-order chi connectivity index (χ0) is 15.4. The third-order valence-corrected chi connectivity index (χ3v) is 3.31. The number of hydrogen-bond donors (Lipinski definition) is 0. The number of pyridine rings is 1. The van der Waals surface area contributed by atoms with Crippen molar-refractivity contribution in [3.63, 3.8) is 0 Å². The first-order valence-corrected chi connectivity index (χ1v) is 7.11. The van der Waals surface area contributed by atoms with Crippen LogP contribution in [0.15, 0.2) is 18.5 Å². The molecule has 0 spiro atoms. The molecule has 0 saturated carbocycles. The lowest BCUT2D eigenvalue weighted by atomic mass is 10.1. The number of esters is 1. The third kappa shape index (κ3) is 3.39. The van der Waals surface area contributed by atoms with Crippen LogP contribution in [0, 0.1) is 0 Å². The van der Waals surface area contributed by atoms with Crippen molar-refractivity contribution < 1.29 is 9.53 Å². The average Bonchev–Trinajstić information content (AvgIpc) is 2.85. The maximum absolute atomic E-state index is 11.9. The molecule has 0 aliphatic rings. The molecule has 2 aromatic heterocycles. The molecule has 7 heteroatoms. The van der Waals surface area contributed by atoms with Gasteiger partial charge in [-0.15, -0.1) is 5.10 Å². The van der Waals surface area contributed by atoms with Crippen molar-refractivity contribution in [3.05, 3.63) is 40.4 Å². The van der Waals surface area contributed by atoms with E-state index in [-0.39, 0.29) is 11.6 Å². The van der Waals surface area contributed by atoms with E-state index in [0.717, 1.165) is 11.3 Å². The molecule has 0 unspecified atom stereocenters. The second kappa shape index (κ2) is 6.67. The summed E-state index contributed by atoms with van der Waals surface area (Å²) in [5.74, 6) is -0.367. The Morgan fingerprint density at radius 2 is 2.24 bits per heavy atom. The molecule has 21 heavy (non-hydrogen) atoms. The van der Waals surface area contributed by atoms with Gasteiger partial charge in [-0.25, -0.2) is 9.48 Å². The van der Waals surface area contributed by atoms with Gasteiger partial charge in [0.1, 0.15) is 0 Å². The van der Waals surface area contributed by atoms with Gasteiger partial charge in [0, 0.05) is 12.4 Å². The summed E-state index contributed by atoms with van der Waals surface area (Å²) in [7, 11) is 0. The van der Waals surface area contributed by atoms with Gasteiger partial charge in [-0.3, -0.25) is 4.98 Å². The summed E-state index contributed by atoms with van der Waals surface area (Å²) >= 11 is 6.11. The Bertz CT molecular complexity index is 640. The number of halogens is 1. The third-order valence-electron chi connectivity index (χ3n) is 2.97.